The number of aliphatic hydroxyl groups excluding tert-OH is 2. The van der Waals surface area contributed by atoms with E-state index < -0.39 is 10.0 Å². The van der Waals surface area contributed by atoms with Crippen LogP contribution in [0.4, 0.5) is 5.69 Å². The van der Waals surface area contributed by atoms with Gasteiger partial charge in [-0.3, -0.25) is 9.52 Å². The monoisotopic (exact) mass is 302 g/mol. The summed E-state index contributed by atoms with van der Waals surface area (Å²) >= 11 is 0. The molecule has 1 aromatic rings. The van der Waals surface area contributed by atoms with E-state index in [0.29, 0.717) is 11.3 Å². The van der Waals surface area contributed by atoms with Gasteiger partial charge in [-0.05, 0) is 24.3 Å². The van der Waals surface area contributed by atoms with Gasteiger partial charge in [-0.25, -0.2) is 8.42 Å². The van der Waals surface area contributed by atoms with Crippen LogP contribution in [-0.2, 0) is 10.0 Å². The summed E-state index contributed by atoms with van der Waals surface area (Å²) in [5.74, 6) is -0.334. The van der Waals surface area contributed by atoms with Crippen molar-refractivity contribution >= 4 is 21.6 Å². The number of sulfonamides is 1. The minimum absolute atomic E-state index is 0.128. The summed E-state index contributed by atoms with van der Waals surface area (Å²) in [5.41, 5.74) is 0.714. The Morgan fingerprint density at radius 3 is 2.05 bits per heavy atom. The molecule has 0 aliphatic carbocycles. The number of hydrogen-bond acceptors (Lipinski definition) is 5. The summed E-state index contributed by atoms with van der Waals surface area (Å²) in [6.45, 7) is -0.135. The van der Waals surface area contributed by atoms with Crippen molar-refractivity contribution in [1.29, 1.82) is 0 Å². The molecule has 0 heterocycles. The van der Waals surface area contributed by atoms with Crippen LogP contribution in [0.2, 0.25) is 0 Å². The maximum atomic E-state index is 12.1. The van der Waals surface area contributed by atoms with E-state index in [1.54, 1.807) is 0 Å². The van der Waals surface area contributed by atoms with Gasteiger partial charge in [0.2, 0.25) is 10.0 Å². The first-order valence-electron chi connectivity index (χ1n) is 5.96. The Morgan fingerprint density at radius 2 is 1.65 bits per heavy atom. The van der Waals surface area contributed by atoms with Crippen molar-refractivity contribution in [2.24, 2.45) is 0 Å². The molecule has 8 heteroatoms. The lowest BCUT2D eigenvalue weighted by Gasteiger charge is -2.20. The van der Waals surface area contributed by atoms with Gasteiger partial charge in [0.25, 0.3) is 5.91 Å². The largest absolute Gasteiger partial charge is 0.395 e. The molecule has 0 saturated heterocycles. The Balaban J connectivity index is 2.83. The van der Waals surface area contributed by atoms with Crippen molar-refractivity contribution in [3.8, 4) is 0 Å². The molecule has 112 valence electrons. The molecule has 3 N–H and O–H groups in total. The lowest BCUT2D eigenvalue weighted by Crippen LogP contribution is -2.35. The predicted molar refractivity (Wildman–Crippen MR) is 75.0 cm³/mol. The second-order valence-corrected chi connectivity index (χ2v) is 5.94. The number of carbonyl (C=O) groups is 1. The Bertz CT molecular complexity index is 535. The molecule has 1 aromatic carbocycles. The van der Waals surface area contributed by atoms with E-state index in [9.17, 15) is 13.2 Å². The molecule has 0 aromatic heterocycles. The van der Waals surface area contributed by atoms with Crippen LogP contribution in [0.15, 0.2) is 24.3 Å². The second-order valence-electron chi connectivity index (χ2n) is 4.19. The topological polar surface area (TPSA) is 107 Å². The van der Waals surface area contributed by atoms with Crippen LogP contribution in [-0.4, -0.2) is 62.0 Å². The van der Waals surface area contributed by atoms with Crippen LogP contribution in [0.3, 0.4) is 0 Å². The van der Waals surface area contributed by atoms with Crippen molar-refractivity contribution in [3.63, 3.8) is 0 Å². The number of anilines is 1. The van der Waals surface area contributed by atoms with Gasteiger partial charge in [-0.1, -0.05) is 0 Å². The van der Waals surface area contributed by atoms with Crippen LogP contribution < -0.4 is 4.72 Å². The van der Waals surface area contributed by atoms with Gasteiger partial charge in [-0.2, -0.15) is 0 Å². The van der Waals surface area contributed by atoms with Gasteiger partial charge in [0.05, 0.1) is 19.5 Å². The fraction of sp³-hybridized carbons (Fsp3) is 0.417. The summed E-state index contributed by atoms with van der Waals surface area (Å²) in [6, 6.07) is 5.92. The highest BCUT2D eigenvalue weighted by Gasteiger charge is 2.14. The summed E-state index contributed by atoms with van der Waals surface area (Å²) in [6.07, 6.45) is 1.04. The zero-order valence-electron chi connectivity index (χ0n) is 11.1. The molecule has 0 radical (unpaired) electrons. The standard InChI is InChI=1S/C12H18N2O5S/c1-20(18,19)13-11-4-2-10(3-5-11)12(17)14(6-8-15)7-9-16/h2-5,13,15-16H,6-9H2,1H3. The zero-order valence-corrected chi connectivity index (χ0v) is 11.9. The van der Waals surface area contributed by atoms with Crippen molar-refractivity contribution in [2.75, 3.05) is 37.3 Å². The minimum Gasteiger partial charge on any atom is -0.395 e. The highest BCUT2D eigenvalue weighted by Crippen LogP contribution is 2.12. The first-order valence-corrected chi connectivity index (χ1v) is 7.85. The molecule has 0 bridgehead atoms. The molecule has 7 nitrogen and oxygen atoms in total. The predicted octanol–water partition coefficient (Wildman–Crippen LogP) is -0.515. The van der Waals surface area contributed by atoms with Crippen LogP contribution in [0.1, 0.15) is 10.4 Å². The molecule has 0 aliphatic heterocycles. The average Bonchev–Trinajstić information content (AvgIpc) is 2.37. The Hall–Kier alpha value is -1.64. The van der Waals surface area contributed by atoms with E-state index in [-0.39, 0.29) is 32.2 Å². The number of rotatable bonds is 7. The first kappa shape index (κ1) is 16.4. The van der Waals surface area contributed by atoms with Crippen molar-refractivity contribution < 1.29 is 23.4 Å². The molecular weight excluding hydrogens is 284 g/mol. The van der Waals surface area contributed by atoms with Gasteiger partial charge >= 0.3 is 0 Å². The summed E-state index contributed by atoms with van der Waals surface area (Å²) < 4.78 is 24.4. The summed E-state index contributed by atoms with van der Waals surface area (Å²) in [4.78, 5) is 13.4. The quantitative estimate of drug-likeness (QED) is 0.628. The van der Waals surface area contributed by atoms with E-state index in [1.807, 2.05) is 0 Å². The zero-order chi connectivity index (χ0) is 15.2. The summed E-state index contributed by atoms with van der Waals surface area (Å²) in [7, 11) is -3.36. The van der Waals surface area contributed by atoms with Gasteiger partial charge in [0, 0.05) is 24.3 Å². The van der Waals surface area contributed by atoms with Crippen molar-refractivity contribution in [1.82, 2.24) is 4.90 Å². The molecule has 0 saturated carbocycles. The lowest BCUT2D eigenvalue weighted by atomic mass is 10.2. The van der Waals surface area contributed by atoms with Crippen LogP contribution in [0.5, 0.6) is 0 Å². The fourth-order valence-electron chi connectivity index (χ4n) is 1.63. The van der Waals surface area contributed by atoms with Crippen LogP contribution in [0.25, 0.3) is 0 Å². The number of carbonyl (C=O) groups excluding carboxylic acids is 1. The number of nitrogens with one attached hydrogen (secondary N) is 1. The molecule has 0 unspecified atom stereocenters. The number of aliphatic hydroxyl groups is 2. The highest BCUT2D eigenvalue weighted by molar-refractivity contribution is 7.92. The highest BCUT2D eigenvalue weighted by atomic mass is 32.2. The Morgan fingerprint density at radius 1 is 1.15 bits per heavy atom. The van der Waals surface area contributed by atoms with E-state index >= 15 is 0 Å². The van der Waals surface area contributed by atoms with Crippen molar-refractivity contribution in [3.05, 3.63) is 29.8 Å². The number of hydrogen-bond donors (Lipinski definition) is 3. The molecule has 1 rings (SSSR count). The van der Waals surface area contributed by atoms with E-state index in [4.69, 9.17) is 10.2 Å². The molecular formula is C12H18N2O5S. The van der Waals surface area contributed by atoms with Gasteiger partial charge in [0.1, 0.15) is 0 Å². The third-order valence-corrected chi connectivity index (χ3v) is 3.07. The summed E-state index contributed by atoms with van der Waals surface area (Å²) in [5, 5.41) is 17.8. The normalized spacial score (nSPS) is 11.2. The maximum absolute atomic E-state index is 12.1. The third-order valence-electron chi connectivity index (χ3n) is 2.46. The van der Waals surface area contributed by atoms with Gasteiger partial charge in [0.15, 0.2) is 0 Å². The van der Waals surface area contributed by atoms with E-state index in [2.05, 4.69) is 4.72 Å². The third kappa shape index (κ3) is 5.16. The first-order chi connectivity index (χ1) is 9.37. The van der Waals surface area contributed by atoms with Gasteiger partial charge in [-0.15, -0.1) is 0 Å². The Kier molecular flexibility index (Phi) is 5.93. The fourth-order valence-corrected chi connectivity index (χ4v) is 2.20. The SMILES string of the molecule is CS(=O)(=O)Nc1ccc(C(=O)N(CCO)CCO)cc1. The molecule has 0 aliphatic rings. The number of amides is 1. The van der Waals surface area contributed by atoms with E-state index in [0.717, 1.165) is 6.26 Å². The molecule has 0 spiro atoms. The molecule has 20 heavy (non-hydrogen) atoms. The second kappa shape index (κ2) is 7.22. The minimum atomic E-state index is -3.36. The number of nitrogens with zero attached hydrogens (tertiary/aromatic N) is 1. The van der Waals surface area contributed by atoms with Gasteiger partial charge < -0.3 is 15.1 Å². The lowest BCUT2D eigenvalue weighted by molar-refractivity contribution is 0.0685. The van der Waals surface area contributed by atoms with Crippen LogP contribution >= 0.6 is 0 Å². The Labute approximate surface area is 117 Å². The smallest absolute Gasteiger partial charge is 0.254 e. The number of benzene rings is 1. The molecule has 1 amide bonds. The van der Waals surface area contributed by atoms with Crippen LogP contribution in [0, 0.1) is 0 Å². The van der Waals surface area contributed by atoms with E-state index in [1.165, 1.54) is 29.2 Å². The maximum Gasteiger partial charge on any atom is 0.254 e. The molecule has 0 fully saturated rings. The van der Waals surface area contributed by atoms with Crippen molar-refractivity contribution in [2.45, 2.75) is 0 Å². The molecule has 0 atom stereocenters. The average molecular weight is 302 g/mol.